The molecule has 0 fully saturated rings. The summed E-state index contributed by atoms with van der Waals surface area (Å²) in [6.07, 6.45) is 0. The Morgan fingerprint density at radius 1 is 1.21 bits per heavy atom. The van der Waals surface area contributed by atoms with Gasteiger partial charge in [-0.05, 0) is 12.1 Å². The van der Waals surface area contributed by atoms with Crippen LogP contribution in [0, 0.1) is 0 Å². The second-order valence-electron chi connectivity index (χ2n) is 2.91. The maximum Gasteiger partial charge on any atom is 0.231 e. The van der Waals surface area contributed by atoms with Crippen LogP contribution in [0.2, 0.25) is 0 Å². The van der Waals surface area contributed by atoms with Crippen molar-refractivity contribution in [1.29, 1.82) is 0 Å². The summed E-state index contributed by atoms with van der Waals surface area (Å²) >= 11 is 0. The zero-order chi connectivity index (χ0) is 10.1. The fourth-order valence-electron chi connectivity index (χ4n) is 1.15. The van der Waals surface area contributed by atoms with E-state index in [1.54, 1.807) is 24.3 Å². The van der Waals surface area contributed by atoms with Crippen LogP contribution in [0.15, 0.2) is 28.7 Å². The van der Waals surface area contributed by atoms with Gasteiger partial charge in [0.25, 0.3) is 0 Å². The summed E-state index contributed by atoms with van der Waals surface area (Å²) in [4.78, 5) is 4.04. The van der Waals surface area contributed by atoms with Crippen LogP contribution in [0.25, 0.3) is 24.6 Å². The maximum absolute atomic E-state index is 9.52. The van der Waals surface area contributed by atoms with Crippen molar-refractivity contribution in [2.45, 2.75) is 0 Å². The van der Waals surface area contributed by atoms with Gasteiger partial charge in [0, 0.05) is 0 Å². The average Bonchev–Trinajstić information content (AvgIpc) is 2.48. The van der Waals surface area contributed by atoms with Crippen LogP contribution in [-0.4, -0.2) is 10.1 Å². The normalized spacial score (nSPS) is 10.3. The monoisotopic (exact) mass is 187 g/mol. The predicted molar refractivity (Wildman–Crippen MR) is 53.9 cm³/mol. The van der Waals surface area contributed by atoms with Crippen molar-refractivity contribution in [2.75, 3.05) is 0 Å². The number of aromatic nitrogens is 1. The topological polar surface area (TPSA) is 46.3 Å². The molecule has 0 aliphatic heterocycles. The molecule has 3 heteroatoms. The first-order valence-corrected chi connectivity index (χ1v) is 4.11. The third-order valence-electron chi connectivity index (χ3n) is 1.91. The van der Waals surface area contributed by atoms with E-state index in [0.717, 1.165) is 0 Å². The van der Waals surface area contributed by atoms with Gasteiger partial charge in [0.15, 0.2) is 0 Å². The minimum atomic E-state index is 0.133. The van der Waals surface area contributed by atoms with E-state index < -0.39 is 0 Å². The van der Waals surface area contributed by atoms with Crippen molar-refractivity contribution in [3.63, 3.8) is 0 Å². The quantitative estimate of drug-likeness (QED) is 0.720. The minimum Gasteiger partial charge on any atom is -0.507 e. The standard InChI is InChI=1S/C11H9NO2/c1-7-8(2)14-11(12-7)9-5-3-4-6-10(9)13/h3-6,13H,1-2H2. The third-order valence-corrected chi connectivity index (χ3v) is 1.91. The van der Waals surface area contributed by atoms with Crippen LogP contribution >= 0.6 is 0 Å². The highest BCUT2D eigenvalue weighted by Crippen LogP contribution is 2.25. The zero-order valence-corrected chi connectivity index (χ0v) is 7.53. The molecule has 1 N–H and O–H groups in total. The molecule has 1 heterocycles. The molecule has 0 spiro atoms. The second-order valence-corrected chi connectivity index (χ2v) is 2.91. The van der Waals surface area contributed by atoms with Gasteiger partial charge in [-0.1, -0.05) is 25.3 Å². The number of phenols is 1. The molecule has 1 aromatic carbocycles. The van der Waals surface area contributed by atoms with Crippen LogP contribution in [0.4, 0.5) is 0 Å². The number of hydrogen-bond donors (Lipinski definition) is 1. The predicted octanol–water partition coefficient (Wildman–Crippen LogP) is 0.868. The van der Waals surface area contributed by atoms with Gasteiger partial charge < -0.3 is 9.52 Å². The molecule has 0 aliphatic rings. The van der Waals surface area contributed by atoms with E-state index in [2.05, 4.69) is 18.1 Å². The van der Waals surface area contributed by atoms with Crippen molar-refractivity contribution >= 4 is 13.2 Å². The number of aromatic hydroxyl groups is 1. The van der Waals surface area contributed by atoms with Gasteiger partial charge in [-0.2, -0.15) is 0 Å². The van der Waals surface area contributed by atoms with Crippen molar-refractivity contribution < 1.29 is 9.52 Å². The van der Waals surface area contributed by atoms with E-state index in [0.29, 0.717) is 22.2 Å². The van der Waals surface area contributed by atoms with Gasteiger partial charge in [0.1, 0.15) is 16.5 Å². The Kier molecular flexibility index (Phi) is 1.85. The smallest absolute Gasteiger partial charge is 0.231 e. The molecule has 14 heavy (non-hydrogen) atoms. The number of para-hydroxylation sites is 1. The van der Waals surface area contributed by atoms with Crippen LogP contribution in [0.1, 0.15) is 0 Å². The zero-order valence-electron chi connectivity index (χ0n) is 7.53. The van der Waals surface area contributed by atoms with Gasteiger partial charge in [-0.3, -0.25) is 0 Å². The Balaban J connectivity index is 2.66. The van der Waals surface area contributed by atoms with Crippen molar-refractivity contribution in [3.05, 3.63) is 35.0 Å². The van der Waals surface area contributed by atoms with E-state index in [1.165, 1.54) is 0 Å². The number of hydrogen-bond acceptors (Lipinski definition) is 3. The van der Waals surface area contributed by atoms with Gasteiger partial charge in [-0.25, -0.2) is 4.98 Å². The summed E-state index contributed by atoms with van der Waals surface area (Å²) < 4.78 is 5.24. The molecule has 0 bridgehead atoms. The first-order valence-electron chi connectivity index (χ1n) is 4.11. The summed E-state index contributed by atoms with van der Waals surface area (Å²) in [5.74, 6) is 0.479. The highest BCUT2D eigenvalue weighted by molar-refractivity contribution is 5.61. The van der Waals surface area contributed by atoms with Gasteiger partial charge >= 0.3 is 0 Å². The maximum atomic E-state index is 9.52. The number of phenolic OH excluding ortho intramolecular Hbond substituents is 1. The van der Waals surface area contributed by atoms with Gasteiger partial charge in [0.2, 0.25) is 5.89 Å². The van der Waals surface area contributed by atoms with Gasteiger partial charge in [0.05, 0.1) is 5.56 Å². The van der Waals surface area contributed by atoms with Crippen LogP contribution < -0.4 is 10.8 Å². The van der Waals surface area contributed by atoms with E-state index in [4.69, 9.17) is 4.42 Å². The molecule has 3 nitrogen and oxygen atoms in total. The van der Waals surface area contributed by atoms with Crippen molar-refractivity contribution in [2.24, 2.45) is 0 Å². The molecule has 0 saturated carbocycles. The third kappa shape index (κ3) is 1.29. The average molecular weight is 187 g/mol. The molecule has 2 rings (SSSR count). The Morgan fingerprint density at radius 2 is 1.93 bits per heavy atom. The van der Waals surface area contributed by atoms with Crippen LogP contribution in [0.5, 0.6) is 5.75 Å². The first-order chi connectivity index (χ1) is 6.68. The first kappa shape index (κ1) is 8.56. The van der Waals surface area contributed by atoms with Crippen LogP contribution in [-0.2, 0) is 0 Å². The van der Waals surface area contributed by atoms with Crippen LogP contribution in [0.3, 0.4) is 0 Å². The molecule has 0 radical (unpaired) electrons. The minimum absolute atomic E-state index is 0.133. The molecule has 2 aromatic rings. The summed E-state index contributed by atoms with van der Waals surface area (Å²) in [6, 6.07) is 6.83. The van der Waals surface area contributed by atoms with Crippen molar-refractivity contribution in [3.8, 4) is 17.2 Å². The molecule has 0 saturated heterocycles. The molecule has 1 aromatic heterocycles. The fourth-order valence-corrected chi connectivity index (χ4v) is 1.15. The van der Waals surface area contributed by atoms with E-state index in [-0.39, 0.29) is 5.75 Å². The molecule has 0 unspecified atom stereocenters. The summed E-state index contributed by atoms with van der Waals surface area (Å²) in [5, 5.41) is 10.0. The SMILES string of the molecule is C=c1nc(-c2ccccc2O)oc1=C. The molecule has 70 valence electrons. The summed E-state index contributed by atoms with van der Waals surface area (Å²) in [7, 11) is 0. The summed E-state index contributed by atoms with van der Waals surface area (Å²) in [6.45, 7) is 7.27. The number of nitrogens with zero attached hydrogens (tertiary/aromatic N) is 1. The lowest BCUT2D eigenvalue weighted by atomic mass is 10.2. The van der Waals surface area contributed by atoms with Gasteiger partial charge in [-0.15, -0.1) is 0 Å². The summed E-state index contributed by atoms with van der Waals surface area (Å²) in [5.41, 5.74) is 0.968. The molecule has 0 aliphatic carbocycles. The van der Waals surface area contributed by atoms with Crippen molar-refractivity contribution in [1.82, 2.24) is 4.98 Å². The van der Waals surface area contributed by atoms with E-state index in [1.807, 2.05) is 0 Å². The van der Waals surface area contributed by atoms with E-state index in [9.17, 15) is 5.11 Å². The Bertz CT molecular complexity index is 529. The molecule has 0 amide bonds. The largest absolute Gasteiger partial charge is 0.507 e. The highest BCUT2D eigenvalue weighted by Gasteiger charge is 2.07. The molecular weight excluding hydrogens is 178 g/mol. The lowest BCUT2D eigenvalue weighted by Gasteiger charge is -1.97. The molecule has 0 atom stereocenters. The molecular formula is C11H9NO2. The second kappa shape index (κ2) is 3.03. The Labute approximate surface area is 80.6 Å². The highest BCUT2D eigenvalue weighted by atomic mass is 16.3. The Morgan fingerprint density at radius 3 is 2.50 bits per heavy atom. The lowest BCUT2D eigenvalue weighted by Crippen LogP contribution is -2.17. The lowest BCUT2D eigenvalue weighted by molar-refractivity contribution is 0.471. The number of benzene rings is 1. The number of oxazole rings is 1. The Hall–Kier alpha value is -2.03. The van der Waals surface area contributed by atoms with E-state index >= 15 is 0 Å². The fraction of sp³-hybridized carbons (Fsp3) is 0. The number of rotatable bonds is 1.